The Morgan fingerprint density at radius 1 is 0.357 bits per heavy atom. The quantitative estimate of drug-likeness (QED) is 0.157. The van der Waals surface area contributed by atoms with Crippen molar-refractivity contribution in [1.29, 1.82) is 0 Å². The molecule has 0 atom stereocenters. The summed E-state index contributed by atoms with van der Waals surface area (Å²) in [5.41, 5.74) is 12.4. The zero-order chi connectivity index (χ0) is 64.3. The summed E-state index contributed by atoms with van der Waals surface area (Å²) in [6.45, 7) is 59.5. The van der Waals surface area contributed by atoms with Gasteiger partial charge >= 0.3 is 0 Å². The number of pyridine rings is 4. The molecule has 0 radical (unpaired) electrons. The lowest BCUT2D eigenvalue weighted by molar-refractivity contribution is 0.544. The van der Waals surface area contributed by atoms with Crippen molar-refractivity contribution >= 4 is 24.3 Å². The lowest BCUT2D eigenvalue weighted by atomic mass is 9.86. The molecule has 7 aromatic rings. The Hall–Kier alpha value is -8.52. The lowest BCUT2D eigenvalue weighted by Gasteiger charge is -2.19. The number of nitrogens with zero attached hydrogens (tertiary/aromatic N) is 10. The molecule has 0 aliphatic carbocycles. The van der Waals surface area contributed by atoms with Crippen molar-refractivity contribution in [3.8, 4) is 37.0 Å². The van der Waals surface area contributed by atoms with Crippen LogP contribution in [0.1, 0.15) is 225 Å². The lowest BCUT2D eigenvalue weighted by Crippen LogP contribution is -2.15. The van der Waals surface area contributed by atoms with Gasteiger partial charge in [0.05, 0.1) is 17.1 Å². The van der Waals surface area contributed by atoms with Crippen LogP contribution in [0.25, 0.3) is 24.3 Å². The van der Waals surface area contributed by atoms with Gasteiger partial charge in [-0.05, 0) is 124 Å². The largest absolute Gasteiger partial charge is 0.257 e. The fourth-order valence-electron chi connectivity index (χ4n) is 6.69. The number of aromatic nitrogens is 10. The second kappa shape index (κ2) is 32.9. The van der Waals surface area contributed by atoms with Gasteiger partial charge in [-0.15, -0.1) is 19.3 Å². The van der Waals surface area contributed by atoms with E-state index in [1.54, 1.807) is 55.4 Å². The zero-order valence-corrected chi connectivity index (χ0v) is 54.7. The molecule has 0 spiro atoms. The van der Waals surface area contributed by atoms with Crippen LogP contribution in [0.4, 0.5) is 0 Å². The van der Waals surface area contributed by atoms with Crippen LogP contribution < -0.4 is 0 Å². The molecule has 7 heterocycles. The monoisotopic (exact) mass is 1120 g/mol. The summed E-state index contributed by atoms with van der Waals surface area (Å²) in [6, 6.07) is 23.6. The summed E-state index contributed by atoms with van der Waals surface area (Å²) in [5, 5.41) is 0. The van der Waals surface area contributed by atoms with E-state index in [-0.39, 0.29) is 37.9 Å². The van der Waals surface area contributed by atoms with E-state index < -0.39 is 0 Å². The predicted molar refractivity (Wildman–Crippen MR) is 358 cm³/mol. The molecule has 0 aliphatic rings. The molecule has 7 aromatic heterocycles. The van der Waals surface area contributed by atoms with Crippen molar-refractivity contribution in [1.82, 2.24) is 49.8 Å². The van der Waals surface area contributed by atoms with Gasteiger partial charge in [0.15, 0.2) is 5.82 Å². The highest BCUT2D eigenvalue weighted by atomic mass is 14.9. The van der Waals surface area contributed by atoms with Gasteiger partial charge in [0.2, 0.25) is 0 Å². The molecule has 7 rings (SSSR count). The van der Waals surface area contributed by atoms with Crippen LogP contribution in [-0.4, -0.2) is 49.8 Å². The molecule has 0 fully saturated rings. The summed E-state index contributed by atoms with van der Waals surface area (Å²) in [7, 11) is 0. The van der Waals surface area contributed by atoms with E-state index in [9.17, 15) is 0 Å². The highest BCUT2D eigenvalue weighted by molar-refractivity contribution is 5.44. The maximum absolute atomic E-state index is 5.33. The third-order valence-electron chi connectivity index (χ3n) is 11.9. The molecule has 84 heavy (non-hydrogen) atoms. The highest BCUT2D eigenvalue weighted by Gasteiger charge is 2.20. The molecule has 0 aliphatic heterocycles. The Kier molecular flexibility index (Phi) is 28.8. The van der Waals surface area contributed by atoms with E-state index in [1.807, 2.05) is 72.9 Å². The van der Waals surface area contributed by atoms with Crippen LogP contribution in [0.15, 0.2) is 136 Å². The van der Waals surface area contributed by atoms with Crippen LogP contribution >= 0.6 is 0 Å². The van der Waals surface area contributed by atoms with Gasteiger partial charge in [-0.3, -0.25) is 4.98 Å². The molecule has 0 aromatic carbocycles. The Balaban J connectivity index is 0.000000490. The smallest absolute Gasteiger partial charge is 0.151 e. The first kappa shape index (κ1) is 73.5. The minimum absolute atomic E-state index is 0.0129. The van der Waals surface area contributed by atoms with Crippen molar-refractivity contribution in [3.05, 3.63) is 216 Å². The second-order valence-electron chi connectivity index (χ2n) is 26.6. The maximum atomic E-state index is 5.33. The average molecular weight is 1130 g/mol. The predicted octanol–water partition coefficient (Wildman–Crippen LogP) is 17.4. The van der Waals surface area contributed by atoms with E-state index >= 15 is 0 Å². The molecule has 0 amide bonds. The molecule has 0 bridgehead atoms. The maximum Gasteiger partial charge on any atom is 0.151 e. The van der Waals surface area contributed by atoms with Crippen molar-refractivity contribution in [2.24, 2.45) is 0 Å². The first-order valence-electron chi connectivity index (χ1n) is 28.0. The van der Waals surface area contributed by atoms with Gasteiger partial charge in [0, 0.05) is 69.7 Å². The van der Waals surface area contributed by atoms with Crippen LogP contribution in [0, 0.1) is 37.0 Å². The SMILES string of the molecule is C#Cc1cc(C(C)(C)C)ccn1.C#Cc1cccc(C(C)(C)C)n1.C#Cc1ncccc1C(C)(C)C.C=Cc1cc(C(C)(C)C)ccn1.C=Cc1cc(C(C)(C)C)ncn1.C=Cc1ccnc(C(C)(C)C)n1.C=Cc1nccc(C(C)(C)C)n1. The Morgan fingerprint density at radius 2 is 0.869 bits per heavy atom. The van der Waals surface area contributed by atoms with Gasteiger partial charge < -0.3 is 0 Å². The molecule has 0 N–H and O–H groups in total. The van der Waals surface area contributed by atoms with Gasteiger partial charge in [0.25, 0.3) is 0 Å². The van der Waals surface area contributed by atoms with Crippen molar-refractivity contribution < 1.29 is 0 Å². The number of hydrogen-bond acceptors (Lipinski definition) is 10. The van der Waals surface area contributed by atoms with E-state index in [1.165, 1.54) is 11.1 Å². The van der Waals surface area contributed by atoms with E-state index in [4.69, 9.17) is 19.3 Å². The van der Waals surface area contributed by atoms with Crippen LogP contribution in [0.5, 0.6) is 0 Å². The standard InChI is InChI=1S/C11H15N.3C11H13N.3C10H14N2/c2*1-5-10-8-9(6-7-12-10)11(2,3)4;1-5-10-9(11(2,3)4)7-6-8-12-10;1-5-9-7-6-8-10(12-9)11(2,3)4;1-5-8-6-9(10(2,3)4)12-7-11-8;1-5-9-11-7-6-8(12-9)10(2,3)4;1-5-8-6-7-11-9(12-8)10(2,3)4/h5-8H,1H2,2-4H3;3*1,6-8H,2-4H3;3*5-7H,1H2,2-4H3. The van der Waals surface area contributed by atoms with E-state index in [0.717, 1.165) is 51.2 Å². The minimum Gasteiger partial charge on any atom is -0.257 e. The normalized spacial score (nSPS) is 11.1. The van der Waals surface area contributed by atoms with E-state index in [0.29, 0.717) is 17.2 Å². The number of terminal acetylenes is 3. The fourth-order valence-corrected chi connectivity index (χ4v) is 6.69. The molecule has 442 valence electrons. The number of rotatable bonds is 4. The van der Waals surface area contributed by atoms with Crippen LogP contribution in [0.3, 0.4) is 0 Å². The Bertz CT molecular complexity index is 3020. The van der Waals surface area contributed by atoms with Crippen molar-refractivity contribution in [2.75, 3.05) is 0 Å². The third-order valence-corrected chi connectivity index (χ3v) is 11.9. The topological polar surface area (TPSA) is 129 Å². The zero-order valence-electron chi connectivity index (χ0n) is 54.7. The molecule has 10 nitrogen and oxygen atoms in total. The van der Waals surface area contributed by atoms with Crippen molar-refractivity contribution in [3.63, 3.8) is 0 Å². The van der Waals surface area contributed by atoms with E-state index in [2.05, 4.69) is 245 Å². The summed E-state index contributed by atoms with van der Waals surface area (Å²) in [4.78, 5) is 41.8. The number of hydrogen-bond donors (Lipinski definition) is 0. The first-order valence-corrected chi connectivity index (χ1v) is 28.0. The molecule has 0 unspecified atom stereocenters. The minimum atomic E-state index is 0.0129. The van der Waals surface area contributed by atoms with Crippen LogP contribution in [0.2, 0.25) is 0 Å². The molecular formula is C74H96N10. The van der Waals surface area contributed by atoms with Gasteiger partial charge in [-0.25, -0.2) is 44.9 Å². The van der Waals surface area contributed by atoms with Crippen molar-refractivity contribution in [2.45, 2.75) is 183 Å². The molecule has 10 heteroatoms. The summed E-state index contributed by atoms with van der Waals surface area (Å²) in [6.07, 6.45) is 33.2. The van der Waals surface area contributed by atoms with Gasteiger partial charge in [-0.2, -0.15) is 0 Å². The van der Waals surface area contributed by atoms with Gasteiger partial charge in [-0.1, -0.05) is 196 Å². The molecule has 0 saturated heterocycles. The summed E-state index contributed by atoms with van der Waals surface area (Å²) in [5.74, 6) is 9.21. The Morgan fingerprint density at radius 3 is 1.35 bits per heavy atom. The Labute approximate surface area is 508 Å². The highest BCUT2D eigenvalue weighted by Crippen LogP contribution is 2.26. The van der Waals surface area contributed by atoms with Gasteiger partial charge in [0.1, 0.15) is 29.2 Å². The summed E-state index contributed by atoms with van der Waals surface area (Å²) >= 11 is 0. The molecular weight excluding hydrogens is 1030 g/mol. The average Bonchev–Trinajstić information content (AvgIpc) is 3.56. The summed E-state index contributed by atoms with van der Waals surface area (Å²) < 4.78 is 0. The molecule has 0 saturated carbocycles. The first-order chi connectivity index (χ1) is 38.8. The van der Waals surface area contributed by atoms with Crippen LogP contribution in [-0.2, 0) is 37.9 Å². The fraction of sp³-hybridized carbons (Fsp3) is 0.378. The second-order valence-corrected chi connectivity index (χ2v) is 26.6. The third kappa shape index (κ3) is 27.5.